The van der Waals surface area contributed by atoms with E-state index in [1.54, 1.807) is 0 Å². The first kappa shape index (κ1) is 19.4. The zero-order valence-electron chi connectivity index (χ0n) is 14.3. The van der Waals surface area contributed by atoms with Crippen molar-refractivity contribution < 1.29 is 4.79 Å². The molecule has 0 aromatic carbocycles. The number of carbonyl (C=O) groups is 1. The van der Waals surface area contributed by atoms with Crippen LogP contribution in [0.15, 0.2) is 0 Å². The molecule has 0 rings (SSSR count). The van der Waals surface area contributed by atoms with Crippen LogP contribution in [0.5, 0.6) is 0 Å². The van der Waals surface area contributed by atoms with Crippen LogP contribution in [0.3, 0.4) is 0 Å². The Morgan fingerprint density at radius 1 is 1.25 bits per heavy atom. The Balaban J connectivity index is 4.04. The number of nitrogens with zero attached hydrogens (tertiary/aromatic N) is 1. The van der Waals surface area contributed by atoms with Gasteiger partial charge < -0.3 is 16.0 Å². The topological polar surface area (TPSA) is 58.4 Å². The maximum absolute atomic E-state index is 12.0. The van der Waals surface area contributed by atoms with Crippen LogP contribution < -0.4 is 11.1 Å². The van der Waals surface area contributed by atoms with E-state index in [9.17, 15) is 4.79 Å². The number of nitrogens with one attached hydrogen (secondary N) is 1. The maximum atomic E-state index is 12.0. The van der Waals surface area contributed by atoms with E-state index in [2.05, 4.69) is 52.0 Å². The van der Waals surface area contributed by atoms with Gasteiger partial charge in [-0.1, -0.05) is 27.7 Å². The number of amides is 1. The first-order valence-corrected chi connectivity index (χ1v) is 7.79. The normalized spacial score (nSPS) is 13.8. The average molecular weight is 285 g/mol. The summed E-state index contributed by atoms with van der Waals surface area (Å²) in [5.41, 5.74) is 5.74. The Morgan fingerprint density at radius 3 is 2.30 bits per heavy atom. The Labute approximate surface area is 125 Å². The Morgan fingerprint density at radius 2 is 1.85 bits per heavy atom. The van der Waals surface area contributed by atoms with E-state index in [1.165, 1.54) is 0 Å². The highest BCUT2D eigenvalue weighted by Crippen LogP contribution is 2.20. The minimum absolute atomic E-state index is 0.105. The molecule has 0 bridgehead atoms. The van der Waals surface area contributed by atoms with E-state index >= 15 is 0 Å². The van der Waals surface area contributed by atoms with Gasteiger partial charge in [-0.15, -0.1) is 0 Å². The lowest BCUT2D eigenvalue weighted by Crippen LogP contribution is -2.40. The molecule has 1 atom stereocenters. The lowest BCUT2D eigenvalue weighted by atomic mass is 9.88. The fourth-order valence-electron chi connectivity index (χ4n) is 2.68. The average Bonchev–Trinajstić information content (AvgIpc) is 2.30. The molecular formula is C16H35N3O. The molecule has 0 aromatic rings. The Bertz CT molecular complexity index is 275. The quantitative estimate of drug-likeness (QED) is 0.646. The van der Waals surface area contributed by atoms with Gasteiger partial charge in [0, 0.05) is 19.5 Å². The van der Waals surface area contributed by atoms with E-state index in [-0.39, 0.29) is 11.3 Å². The summed E-state index contributed by atoms with van der Waals surface area (Å²) in [6.45, 7) is 11.2. The van der Waals surface area contributed by atoms with Crippen molar-refractivity contribution in [2.75, 3.05) is 33.7 Å². The summed E-state index contributed by atoms with van der Waals surface area (Å²) >= 11 is 0. The molecule has 4 heteroatoms. The van der Waals surface area contributed by atoms with Crippen LogP contribution in [0, 0.1) is 17.3 Å². The lowest BCUT2D eigenvalue weighted by Gasteiger charge is -2.28. The third-order valence-corrected chi connectivity index (χ3v) is 3.73. The first-order chi connectivity index (χ1) is 9.18. The molecule has 1 amide bonds. The van der Waals surface area contributed by atoms with Crippen molar-refractivity contribution >= 4 is 5.91 Å². The van der Waals surface area contributed by atoms with Gasteiger partial charge in [0.2, 0.25) is 5.91 Å². The first-order valence-electron chi connectivity index (χ1n) is 7.79. The number of hydrogen-bond donors (Lipinski definition) is 2. The molecule has 0 fully saturated rings. The smallest absolute Gasteiger partial charge is 0.220 e. The molecule has 0 spiro atoms. The summed E-state index contributed by atoms with van der Waals surface area (Å²) in [6.07, 6.45) is 2.56. The van der Waals surface area contributed by atoms with Gasteiger partial charge in [0.25, 0.3) is 0 Å². The fraction of sp³-hybridized carbons (Fsp3) is 0.938. The van der Waals surface area contributed by atoms with Crippen LogP contribution >= 0.6 is 0 Å². The van der Waals surface area contributed by atoms with Gasteiger partial charge in [-0.2, -0.15) is 0 Å². The van der Waals surface area contributed by atoms with Crippen molar-refractivity contribution in [1.29, 1.82) is 0 Å². The summed E-state index contributed by atoms with van der Waals surface area (Å²) in [4.78, 5) is 14.1. The highest BCUT2D eigenvalue weighted by atomic mass is 16.1. The van der Waals surface area contributed by atoms with Crippen LogP contribution in [0.1, 0.15) is 47.0 Å². The predicted molar refractivity (Wildman–Crippen MR) is 86.6 cm³/mol. The zero-order valence-corrected chi connectivity index (χ0v) is 14.3. The minimum atomic E-state index is 0.105. The second kappa shape index (κ2) is 9.35. The van der Waals surface area contributed by atoms with Crippen LogP contribution in [0.25, 0.3) is 0 Å². The largest absolute Gasteiger partial charge is 0.356 e. The maximum Gasteiger partial charge on any atom is 0.220 e. The molecule has 4 nitrogen and oxygen atoms in total. The number of nitrogens with two attached hydrogens (primary N) is 1. The molecule has 0 heterocycles. The summed E-state index contributed by atoms with van der Waals surface area (Å²) in [5, 5.41) is 3.07. The van der Waals surface area contributed by atoms with E-state index < -0.39 is 0 Å². The molecule has 3 N–H and O–H groups in total. The molecule has 0 aliphatic heterocycles. The van der Waals surface area contributed by atoms with Gasteiger partial charge in [-0.05, 0) is 50.7 Å². The van der Waals surface area contributed by atoms with Crippen molar-refractivity contribution in [1.82, 2.24) is 10.2 Å². The monoisotopic (exact) mass is 285 g/mol. The van der Waals surface area contributed by atoms with Crippen LogP contribution in [0.2, 0.25) is 0 Å². The molecule has 0 aliphatic carbocycles. The third kappa shape index (κ3) is 9.32. The number of hydrogen-bond acceptors (Lipinski definition) is 3. The molecule has 0 saturated heterocycles. The van der Waals surface area contributed by atoms with E-state index in [1.807, 2.05) is 0 Å². The summed E-state index contributed by atoms with van der Waals surface area (Å²) < 4.78 is 0. The fourth-order valence-corrected chi connectivity index (χ4v) is 2.68. The SMILES string of the molecule is CC(C)C(CCN)CCC(=O)NCC(C)(C)CN(C)C. The molecule has 120 valence electrons. The molecular weight excluding hydrogens is 250 g/mol. The third-order valence-electron chi connectivity index (χ3n) is 3.73. The molecule has 0 radical (unpaired) electrons. The summed E-state index contributed by atoms with van der Waals surface area (Å²) in [7, 11) is 4.12. The second-order valence-electron chi connectivity index (χ2n) is 7.30. The summed E-state index contributed by atoms with van der Waals surface area (Å²) in [5.74, 6) is 1.32. The van der Waals surface area contributed by atoms with Crippen LogP contribution in [-0.2, 0) is 4.79 Å². The highest BCUT2D eigenvalue weighted by molar-refractivity contribution is 5.75. The standard InChI is InChI=1S/C16H35N3O/c1-13(2)14(9-10-17)7-8-15(20)18-11-16(3,4)12-19(5)6/h13-14H,7-12,17H2,1-6H3,(H,18,20). The van der Waals surface area contributed by atoms with E-state index in [0.29, 0.717) is 24.8 Å². The highest BCUT2D eigenvalue weighted by Gasteiger charge is 2.20. The van der Waals surface area contributed by atoms with Crippen molar-refractivity contribution in [3.8, 4) is 0 Å². The Kier molecular flexibility index (Phi) is 9.06. The van der Waals surface area contributed by atoms with Crippen molar-refractivity contribution in [2.45, 2.75) is 47.0 Å². The zero-order chi connectivity index (χ0) is 15.8. The molecule has 0 saturated carbocycles. The van der Waals surface area contributed by atoms with Gasteiger partial charge >= 0.3 is 0 Å². The van der Waals surface area contributed by atoms with Gasteiger partial charge in [0.1, 0.15) is 0 Å². The van der Waals surface area contributed by atoms with Crippen molar-refractivity contribution in [2.24, 2.45) is 23.0 Å². The van der Waals surface area contributed by atoms with Crippen molar-refractivity contribution in [3.63, 3.8) is 0 Å². The van der Waals surface area contributed by atoms with Crippen LogP contribution in [0.4, 0.5) is 0 Å². The second-order valence-corrected chi connectivity index (χ2v) is 7.30. The molecule has 20 heavy (non-hydrogen) atoms. The molecule has 0 aliphatic rings. The van der Waals surface area contributed by atoms with Gasteiger partial charge in [0.15, 0.2) is 0 Å². The van der Waals surface area contributed by atoms with E-state index in [4.69, 9.17) is 5.73 Å². The predicted octanol–water partition coefficient (Wildman–Crippen LogP) is 2.09. The van der Waals surface area contributed by atoms with Crippen LogP contribution in [-0.4, -0.2) is 44.5 Å². The van der Waals surface area contributed by atoms with E-state index in [0.717, 1.165) is 25.9 Å². The van der Waals surface area contributed by atoms with Gasteiger partial charge in [-0.25, -0.2) is 0 Å². The number of rotatable bonds is 10. The van der Waals surface area contributed by atoms with Crippen molar-refractivity contribution in [3.05, 3.63) is 0 Å². The molecule has 0 aromatic heterocycles. The summed E-state index contributed by atoms with van der Waals surface area (Å²) in [6, 6.07) is 0. The minimum Gasteiger partial charge on any atom is -0.356 e. The molecule has 1 unspecified atom stereocenters. The Hall–Kier alpha value is -0.610. The lowest BCUT2D eigenvalue weighted by molar-refractivity contribution is -0.121. The van der Waals surface area contributed by atoms with Gasteiger partial charge in [-0.3, -0.25) is 4.79 Å². The van der Waals surface area contributed by atoms with Gasteiger partial charge in [0.05, 0.1) is 0 Å². The number of carbonyl (C=O) groups excluding carboxylic acids is 1.